The molecule has 0 saturated carbocycles. The average molecular weight is 530 g/mol. The molecule has 3 aromatic carbocycles. The zero-order valence-corrected chi connectivity index (χ0v) is 21.9. The minimum Gasteiger partial charge on any atom is -0.465 e. The normalized spacial score (nSPS) is 14.5. The summed E-state index contributed by atoms with van der Waals surface area (Å²) in [5, 5.41) is 14.8. The SMILES string of the molecule is COC(=O)c1ccc2c(c1)C(C(=Nc1ccc(N(C)C(=O)CN(C)C)c([N+](=O)[O-])c1)c1ccccc1)C(=O)N2. The molecule has 4 rings (SSSR count). The molecule has 1 heterocycles. The molecule has 0 radical (unpaired) electrons. The van der Waals surface area contributed by atoms with Crippen LogP contribution in [0.15, 0.2) is 71.7 Å². The van der Waals surface area contributed by atoms with E-state index in [1.807, 2.05) is 6.07 Å². The second kappa shape index (κ2) is 11.2. The Morgan fingerprint density at radius 1 is 1.03 bits per heavy atom. The first-order valence-corrected chi connectivity index (χ1v) is 12.0. The number of nitrogens with one attached hydrogen (secondary N) is 1. The number of hydrogen-bond acceptors (Lipinski definition) is 8. The lowest BCUT2D eigenvalue weighted by atomic mass is 9.89. The highest BCUT2D eigenvalue weighted by molar-refractivity contribution is 6.24. The van der Waals surface area contributed by atoms with Gasteiger partial charge in [0.2, 0.25) is 11.8 Å². The molecule has 39 heavy (non-hydrogen) atoms. The van der Waals surface area contributed by atoms with Crippen molar-refractivity contribution in [2.24, 2.45) is 4.99 Å². The highest BCUT2D eigenvalue weighted by atomic mass is 16.6. The van der Waals surface area contributed by atoms with Crippen LogP contribution in [0.5, 0.6) is 0 Å². The number of hydrogen-bond donors (Lipinski definition) is 1. The first-order valence-electron chi connectivity index (χ1n) is 12.0. The summed E-state index contributed by atoms with van der Waals surface area (Å²) in [5.74, 6) is -2.11. The Hall–Kier alpha value is -4.90. The predicted octanol–water partition coefficient (Wildman–Crippen LogP) is 3.76. The Morgan fingerprint density at radius 3 is 2.38 bits per heavy atom. The van der Waals surface area contributed by atoms with Crippen molar-refractivity contribution in [2.75, 3.05) is 45.0 Å². The number of nitro benzene ring substituents is 1. The van der Waals surface area contributed by atoms with E-state index in [2.05, 4.69) is 5.32 Å². The highest BCUT2D eigenvalue weighted by Gasteiger charge is 2.36. The molecule has 1 unspecified atom stereocenters. The minimum atomic E-state index is -0.893. The first-order chi connectivity index (χ1) is 18.6. The molecule has 0 spiro atoms. The monoisotopic (exact) mass is 529 g/mol. The van der Waals surface area contributed by atoms with Crippen LogP contribution >= 0.6 is 0 Å². The van der Waals surface area contributed by atoms with Crippen molar-refractivity contribution < 1.29 is 24.0 Å². The van der Waals surface area contributed by atoms with Gasteiger partial charge in [-0.15, -0.1) is 0 Å². The molecule has 0 saturated heterocycles. The van der Waals surface area contributed by atoms with E-state index >= 15 is 0 Å². The number of ether oxygens (including phenoxy) is 1. The lowest BCUT2D eigenvalue weighted by molar-refractivity contribution is -0.384. The molecule has 11 nitrogen and oxygen atoms in total. The summed E-state index contributed by atoms with van der Waals surface area (Å²) in [5.41, 5.74) is 2.35. The fourth-order valence-corrected chi connectivity index (χ4v) is 4.34. The average Bonchev–Trinajstić information content (AvgIpc) is 3.25. The van der Waals surface area contributed by atoms with Crippen molar-refractivity contribution in [1.82, 2.24) is 4.90 Å². The topological polar surface area (TPSA) is 134 Å². The number of aliphatic imine (C=N–C) groups is 1. The summed E-state index contributed by atoms with van der Waals surface area (Å²) in [4.78, 5) is 57.0. The number of anilines is 2. The van der Waals surface area contributed by atoms with Gasteiger partial charge in [0.15, 0.2) is 0 Å². The Morgan fingerprint density at radius 2 is 1.74 bits per heavy atom. The van der Waals surface area contributed by atoms with E-state index in [0.29, 0.717) is 22.5 Å². The van der Waals surface area contributed by atoms with E-state index in [-0.39, 0.29) is 41.0 Å². The molecule has 1 aliphatic heterocycles. The van der Waals surface area contributed by atoms with Gasteiger partial charge in [-0.3, -0.25) is 24.7 Å². The molecule has 1 N–H and O–H groups in total. The third-order valence-corrected chi connectivity index (χ3v) is 6.24. The third kappa shape index (κ3) is 5.68. The Kier molecular flexibility index (Phi) is 7.82. The van der Waals surface area contributed by atoms with Gasteiger partial charge < -0.3 is 19.9 Å². The van der Waals surface area contributed by atoms with Crippen LogP contribution in [0.4, 0.5) is 22.7 Å². The van der Waals surface area contributed by atoms with Gasteiger partial charge in [-0.1, -0.05) is 30.3 Å². The van der Waals surface area contributed by atoms with Gasteiger partial charge in [-0.2, -0.15) is 0 Å². The first kappa shape index (κ1) is 27.1. The number of nitro groups is 1. The molecular formula is C28H27N5O6. The van der Waals surface area contributed by atoms with Gasteiger partial charge in [0.1, 0.15) is 11.6 Å². The Balaban J connectivity index is 1.84. The van der Waals surface area contributed by atoms with Crippen molar-refractivity contribution in [1.29, 1.82) is 0 Å². The second-order valence-electron chi connectivity index (χ2n) is 9.20. The fourth-order valence-electron chi connectivity index (χ4n) is 4.34. The second-order valence-corrected chi connectivity index (χ2v) is 9.20. The van der Waals surface area contributed by atoms with Gasteiger partial charge in [0.05, 0.1) is 35.5 Å². The molecule has 2 amide bonds. The van der Waals surface area contributed by atoms with Crippen LogP contribution in [0.3, 0.4) is 0 Å². The molecule has 0 fully saturated rings. The lowest BCUT2D eigenvalue weighted by Gasteiger charge is -2.20. The van der Waals surface area contributed by atoms with E-state index in [4.69, 9.17) is 9.73 Å². The van der Waals surface area contributed by atoms with Crippen LogP contribution in [-0.4, -0.2) is 68.1 Å². The Bertz CT molecular complexity index is 1490. The molecule has 11 heteroatoms. The van der Waals surface area contributed by atoms with Gasteiger partial charge in [-0.05, 0) is 55.6 Å². The van der Waals surface area contributed by atoms with Gasteiger partial charge >= 0.3 is 5.97 Å². The smallest absolute Gasteiger partial charge is 0.337 e. The zero-order chi connectivity index (χ0) is 28.3. The van der Waals surface area contributed by atoms with Gasteiger partial charge in [0, 0.05) is 18.8 Å². The minimum absolute atomic E-state index is 0.0788. The van der Waals surface area contributed by atoms with Crippen LogP contribution in [0.25, 0.3) is 0 Å². The number of carbonyl (C=O) groups excluding carboxylic acids is 3. The standard InChI is InChI=1S/C28H27N5O6/c1-31(2)16-24(34)32(3)22-13-11-19(15-23(22)33(37)38)29-26(17-8-6-5-7-9-17)25-20-14-18(28(36)39-4)10-12-21(20)30-27(25)35/h5-15,25H,16H2,1-4H3,(H,30,35). The number of carbonyl (C=O) groups is 3. The fraction of sp³-hybridized carbons (Fsp3) is 0.214. The predicted molar refractivity (Wildman–Crippen MR) is 147 cm³/mol. The van der Waals surface area contributed by atoms with Crippen LogP contribution in [-0.2, 0) is 14.3 Å². The van der Waals surface area contributed by atoms with Gasteiger partial charge in [-0.25, -0.2) is 4.79 Å². The molecule has 0 aliphatic carbocycles. The van der Waals surface area contributed by atoms with Crippen molar-refractivity contribution in [3.8, 4) is 0 Å². The van der Waals surface area contributed by atoms with E-state index in [9.17, 15) is 24.5 Å². The van der Waals surface area contributed by atoms with Crippen LogP contribution in [0.2, 0.25) is 0 Å². The number of nitrogens with zero attached hydrogens (tertiary/aromatic N) is 4. The molecule has 0 bridgehead atoms. The maximum atomic E-state index is 13.2. The van der Waals surface area contributed by atoms with Crippen molar-refractivity contribution in [3.05, 3.63) is 93.5 Å². The summed E-state index contributed by atoms with van der Waals surface area (Å²) in [6.45, 7) is 0.0788. The zero-order valence-electron chi connectivity index (χ0n) is 21.9. The number of fused-ring (bicyclic) bond motifs is 1. The van der Waals surface area contributed by atoms with Gasteiger partial charge in [0.25, 0.3) is 5.69 Å². The van der Waals surface area contributed by atoms with Crippen molar-refractivity contribution >= 4 is 46.2 Å². The molecule has 1 aliphatic rings. The summed E-state index contributed by atoms with van der Waals surface area (Å²) in [6, 6.07) is 18.0. The molecule has 1 atom stereocenters. The van der Waals surface area contributed by atoms with Crippen LogP contribution in [0.1, 0.15) is 27.4 Å². The summed E-state index contributed by atoms with van der Waals surface area (Å²) >= 11 is 0. The molecule has 3 aromatic rings. The number of esters is 1. The summed E-state index contributed by atoms with van der Waals surface area (Å²) < 4.78 is 4.83. The largest absolute Gasteiger partial charge is 0.465 e. The number of likely N-dealkylation sites (N-methyl/N-ethyl adjacent to an activating group) is 2. The summed E-state index contributed by atoms with van der Waals surface area (Å²) in [7, 11) is 6.21. The van der Waals surface area contributed by atoms with E-state index < -0.39 is 16.8 Å². The van der Waals surface area contributed by atoms with E-state index in [1.165, 1.54) is 31.2 Å². The highest BCUT2D eigenvalue weighted by Crippen LogP contribution is 2.38. The third-order valence-electron chi connectivity index (χ3n) is 6.24. The quantitative estimate of drug-likeness (QED) is 0.203. The molecule has 0 aromatic heterocycles. The molecular weight excluding hydrogens is 502 g/mol. The van der Waals surface area contributed by atoms with E-state index in [0.717, 1.165) is 0 Å². The maximum Gasteiger partial charge on any atom is 0.337 e. The van der Waals surface area contributed by atoms with Crippen molar-refractivity contribution in [2.45, 2.75) is 5.92 Å². The van der Waals surface area contributed by atoms with E-state index in [1.54, 1.807) is 67.5 Å². The van der Waals surface area contributed by atoms with Crippen LogP contribution in [0, 0.1) is 10.1 Å². The number of methoxy groups -OCH3 is 1. The lowest BCUT2D eigenvalue weighted by Crippen LogP contribution is -2.35. The van der Waals surface area contributed by atoms with Crippen molar-refractivity contribution in [3.63, 3.8) is 0 Å². The number of benzene rings is 3. The maximum absolute atomic E-state index is 13.2. The Labute approximate surface area is 224 Å². The number of rotatable bonds is 8. The summed E-state index contributed by atoms with van der Waals surface area (Å²) in [6.07, 6.45) is 0. The number of amides is 2. The molecule has 200 valence electrons. The van der Waals surface area contributed by atoms with Crippen LogP contribution < -0.4 is 10.2 Å².